The second kappa shape index (κ2) is 5.23. The maximum Gasteiger partial charge on any atom is 0.240 e. The monoisotopic (exact) mass is 303 g/mol. The van der Waals surface area contributed by atoms with Gasteiger partial charge in [0, 0.05) is 17.6 Å². The number of nitrogen functional groups attached to an aromatic ring is 1. The highest BCUT2D eigenvalue weighted by molar-refractivity contribution is 7.89. The van der Waals surface area contributed by atoms with Crippen LogP contribution in [0.2, 0.25) is 5.02 Å². The van der Waals surface area contributed by atoms with Crippen LogP contribution in [0.4, 0.5) is 5.69 Å². The maximum atomic E-state index is 12.0. The third-order valence-electron chi connectivity index (χ3n) is 2.20. The Balaban J connectivity index is 2.17. The lowest BCUT2D eigenvalue weighted by Crippen LogP contribution is -2.22. The molecule has 0 fully saturated rings. The van der Waals surface area contributed by atoms with Crippen LogP contribution < -0.4 is 10.5 Å². The highest BCUT2D eigenvalue weighted by atomic mass is 35.5. The second-order valence-corrected chi connectivity index (χ2v) is 6.62. The van der Waals surface area contributed by atoms with Crippen molar-refractivity contribution in [2.45, 2.75) is 11.4 Å². The third-order valence-corrected chi connectivity index (χ3v) is 4.71. The standard InChI is InChI=1S/C10H10ClN3O2S2/c11-9-3-8(1-2-10(9)12)18(15,16)14-5-7-4-13-6-17-7/h1-4,6,14H,5,12H2. The number of hydrogen-bond acceptors (Lipinski definition) is 5. The van der Waals surface area contributed by atoms with Gasteiger partial charge in [0.15, 0.2) is 0 Å². The molecule has 96 valence electrons. The van der Waals surface area contributed by atoms with Crippen LogP contribution >= 0.6 is 22.9 Å². The van der Waals surface area contributed by atoms with Crippen molar-refractivity contribution in [1.29, 1.82) is 0 Å². The van der Waals surface area contributed by atoms with E-state index in [-0.39, 0.29) is 16.5 Å². The first kappa shape index (κ1) is 13.3. The van der Waals surface area contributed by atoms with Gasteiger partial charge in [0.1, 0.15) is 0 Å². The van der Waals surface area contributed by atoms with E-state index in [0.717, 1.165) is 4.88 Å². The molecule has 2 rings (SSSR count). The topological polar surface area (TPSA) is 85.1 Å². The van der Waals surface area contributed by atoms with E-state index in [1.165, 1.54) is 29.5 Å². The Morgan fingerprint density at radius 2 is 2.22 bits per heavy atom. The number of nitrogens with zero attached hydrogens (tertiary/aromatic N) is 1. The van der Waals surface area contributed by atoms with Gasteiger partial charge in [0.25, 0.3) is 0 Å². The minimum atomic E-state index is -3.59. The van der Waals surface area contributed by atoms with Gasteiger partial charge in [-0.3, -0.25) is 4.98 Å². The van der Waals surface area contributed by atoms with Crippen molar-refractivity contribution in [2.75, 3.05) is 5.73 Å². The van der Waals surface area contributed by atoms with E-state index >= 15 is 0 Å². The minimum Gasteiger partial charge on any atom is -0.398 e. The summed E-state index contributed by atoms with van der Waals surface area (Å²) in [6.07, 6.45) is 1.61. The first-order valence-electron chi connectivity index (χ1n) is 4.91. The van der Waals surface area contributed by atoms with Gasteiger partial charge < -0.3 is 5.73 Å². The summed E-state index contributed by atoms with van der Waals surface area (Å²) in [5.41, 5.74) is 7.52. The van der Waals surface area contributed by atoms with Gasteiger partial charge in [0.05, 0.1) is 21.1 Å². The number of anilines is 1. The van der Waals surface area contributed by atoms with E-state index in [1.54, 1.807) is 11.7 Å². The molecule has 3 N–H and O–H groups in total. The lowest BCUT2D eigenvalue weighted by molar-refractivity contribution is 0.582. The number of sulfonamides is 1. The number of thiazole rings is 1. The number of rotatable bonds is 4. The molecule has 0 amide bonds. The molecule has 0 saturated heterocycles. The Morgan fingerprint density at radius 1 is 1.44 bits per heavy atom. The lowest BCUT2D eigenvalue weighted by atomic mass is 10.3. The Morgan fingerprint density at radius 3 is 2.83 bits per heavy atom. The molecule has 0 aliphatic rings. The highest BCUT2D eigenvalue weighted by Gasteiger charge is 2.15. The molecule has 5 nitrogen and oxygen atoms in total. The van der Waals surface area contributed by atoms with E-state index < -0.39 is 10.0 Å². The van der Waals surface area contributed by atoms with Gasteiger partial charge in [0.2, 0.25) is 10.0 Å². The van der Waals surface area contributed by atoms with Gasteiger partial charge in [-0.15, -0.1) is 11.3 Å². The fraction of sp³-hybridized carbons (Fsp3) is 0.100. The quantitative estimate of drug-likeness (QED) is 0.844. The summed E-state index contributed by atoms with van der Waals surface area (Å²) in [6.45, 7) is 0.203. The molecule has 0 atom stereocenters. The smallest absolute Gasteiger partial charge is 0.240 e. The van der Waals surface area contributed by atoms with Crippen LogP contribution in [0.15, 0.2) is 34.8 Å². The molecule has 0 bridgehead atoms. The fourth-order valence-corrected chi connectivity index (χ4v) is 3.16. The zero-order valence-corrected chi connectivity index (χ0v) is 11.5. The summed E-state index contributed by atoms with van der Waals surface area (Å²) in [5.74, 6) is 0. The van der Waals surface area contributed by atoms with E-state index in [2.05, 4.69) is 9.71 Å². The van der Waals surface area contributed by atoms with Crippen molar-refractivity contribution < 1.29 is 8.42 Å². The summed E-state index contributed by atoms with van der Waals surface area (Å²) in [4.78, 5) is 4.79. The molecule has 0 spiro atoms. The predicted molar refractivity (Wildman–Crippen MR) is 72.0 cm³/mol. The second-order valence-electron chi connectivity index (χ2n) is 3.48. The molecule has 0 radical (unpaired) electrons. The number of halogens is 1. The summed E-state index contributed by atoms with van der Waals surface area (Å²) >= 11 is 7.17. The van der Waals surface area contributed by atoms with Crippen molar-refractivity contribution in [3.05, 3.63) is 39.8 Å². The summed E-state index contributed by atoms with van der Waals surface area (Å²) in [6, 6.07) is 4.20. The Kier molecular flexibility index (Phi) is 3.86. The molecular weight excluding hydrogens is 294 g/mol. The summed E-state index contributed by atoms with van der Waals surface area (Å²) in [5, 5.41) is 0.218. The van der Waals surface area contributed by atoms with Crippen LogP contribution in [-0.2, 0) is 16.6 Å². The summed E-state index contributed by atoms with van der Waals surface area (Å²) < 4.78 is 26.4. The van der Waals surface area contributed by atoms with Gasteiger partial charge in [-0.1, -0.05) is 11.6 Å². The molecule has 8 heteroatoms. The van der Waals surface area contributed by atoms with Gasteiger partial charge in [-0.25, -0.2) is 13.1 Å². The average molecular weight is 304 g/mol. The Labute approximate surface area is 114 Å². The van der Waals surface area contributed by atoms with Crippen LogP contribution in [0.3, 0.4) is 0 Å². The van der Waals surface area contributed by atoms with Gasteiger partial charge in [-0.2, -0.15) is 0 Å². The number of nitrogens with two attached hydrogens (primary N) is 1. The van der Waals surface area contributed by atoms with Gasteiger partial charge >= 0.3 is 0 Å². The van der Waals surface area contributed by atoms with Crippen LogP contribution in [0.5, 0.6) is 0 Å². The first-order chi connectivity index (χ1) is 8.49. The number of nitrogens with one attached hydrogen (secondary N) is 1. The van der Waals surface area contributed by atoms with E-state index in [0.29, 0.717) is 5.69 Å². The van der Waals surface area contributed by atoms with E-state index in [1.807, 2.05) is 0 Å². The predicted octanol–water partition coefficient (Wildman–Crippen LogP) is 1.86. The van der Waals surface area contributed by atoms with E-state index in [4.69, 9.17) is 17.3 Å². The van der Waals surface area contributed by atoms with Crippen molar-refractivity contribution in [1.82, 2.24) is 9.71 Å². The third kappa shape index (κ3) is 2.99. The molecule has 18 heavy (non-hydrogen) atoms. The van der Waals surface area contributed by atoms with E-state index in [9.17, 15) is 8.42 Å². The molecular formula is C10H10ClN3O2S2. The zero-order valence-electron chi connectivity index (χ0n) is 9.13. The zero-order chi connectivity index (χ0) is 13.2. The van der Waals surface area contributed by atoms with Gasteiger partial charge in [-0.05, 0) is 18.2 Å². The lowest BCUT2D eigenvalue weighted by Gasteiger charge is -2.06. The molecule has 1 heterocycles. The van der Waals surface area contributed by atoms with Crippen LogP contribution in [0.1, 0.15) is 4.88 Å². The van der Waals surface area contributed by atoms with Crippen LogP contribution in [-0.4, -0.2) is 13.4 Å². The first-order valence-corrected chi connectivity index (χ1v) is 7.65. The highest BCUT2D eigenvalue weighted by Crippen LogP contribution is 2.22. The fourth-order valence-electron chi connectivity index (χ4n) is 1.25. The molecule has 0 aliphatic heterocycles. The minimum absolute atomic E-state index is 0.0891. The average Bonchev–Trinajstić information content (AvgIpc) is 2.83. The maximum absolute atomic E-state index is 12.0. The number of hydrogen-bond donors (Lipinski definition) is 2. The van der Waals surface area contributed by atoms with Crippen LogP contribution in [0, 0.1) is 0 Å². The molecule has 0 saturated carbocycles. The molecule has 0 unspecified atom stereocenters. The summed E-state index contributed by atoms with van der Waals surface area (Å²) in [7, 11) is -3.59. The van der Waals surface area contributed by atoms with Crippen molar-refractivity contribution in [3.63, 3.8) is 0 Å². The molecule has 0 aliphatic carbocycles. The van der Waals surface area contributed by atoms with Crippen molar-refractivity contribution >= 4 is 38.6 Å². The largest absolute Gasteiger partial charge is 0.398 e. The normalized spacial score (nSPS) is 11.6. The molecule has 1 aromatic heterocycles. The Bertz CT molecular complexity index is 641. The van der Waals surface area contributed by atoms with Crippen molar-refractivity contribution in [3.8, 4) is 0 Å². The van der Waals surface area contributed by atoms with Crippen molar-refractivity contribution in [2.24, 2.45) is 0 Å². The molecule has 2 aromatic rings. The molecule has 1 aromatic carbocycles. The SMILES string of the molecule is Nc1ccc(S(=O)(=O)NCc2cncs2)cc1Cl. The van der Waals surface area contributed by atoms with Crippen LogP contribution in [0.25, 0.3) is 0 Å². The Hall–Kier alpha value is -1.15. The number of aromatic nitrogens is 1. The number of benzene rings is 1.